The molecule has 5 nitrogen and oxygen atoms in total. The molecule has 96 valence electrons. The molecule has 0 saturated carbocycles. The van der Waals surface area contributed by atoms with E-state index in [1.165, 1.54) is 12.3 Å². The number of hydrogen-bond acceptors (Lipinski definition) is 3. The van der Waals surface area contributed by atoms with Crippen molar-refractivity contribution in [2.45, 2.75) is 11.4 Å². The summed E-state index contributed by atoms with van der Waals surface area (Å²) in [5.41, 5.74) is 1.58. The third-order valence-electron chi connectivity index (χ3n) is 2.44. The lowest BCUT2D eigenvalue weighted by atomic mass is 10.2. The lowest BCUT2D eigenvalue weighted by Gasteiger charge is -2.08. The number of aromatic nitrogens is 1. The zero-order chi connectivity index (χ0) is 13.0. The van der Waals surface area contributed by atoms with Crippen LogP contribution in [0.15, 0.2) is 47.6 Å². The molecule has 0 aliphatic carbocycles. The molecule has 0 atom stereocenters. The van der Waals surface area contributed by atoms with E-state index in [0.29, 0.717) is 12.2 Å². The summed E-state index contributed by atoms with van der Waals surface area (Å²) in [5.74, 6) is 0. The molecule has 1 aromatic carbocycles. The van der Waals surface area contributed by atoms with Crippen molar-refractivity contribution in [3.63, 3.8) is 0 Å². The van der Waals surface area contributed by atoms with E-state index in [-0.39, 0.29) is 4.90 Å². The first-order valence-corrected chi connectivity index (χ1v) is 6.99. The Balaban J connectivity index is 2.21. The fourth-order valence-electron chi connectivity index (χ4n) is 1.64. The van der Waals surface area contributed by atoms with Gasteiger partial charge < -0.3 is 10.3 Å². The van der Waals surface area contributed by atoms with Gasteiger partial charge in [-0.15, -0.1) is 0 Å². The third-order valence-corrected chi connectivity index (χ3v) is 3.82. The van der Waals surface area contributed by atoms with Crippen molar-refractivity contribution in [3.05, 3.63) is 48.3 Å². The van der Waals surface area contributed by atoms with Crippen LogP contribution in [0.5, 0.6) is 0 Å². The summed E-state index contributed by atoms with van der Waals surface area (Å²) in [7, 11) is -1.66. The molecule has 1 heterocycles. The Hall–Kier alpha value is -1.79. The lowest BCUT2D eigenvalue weighted by Crippen LogP contribution is -2.12. The van der Waals surface area contributed by atoms with Gasteiger partial charge in [-0.1, -0.05) is 12.1 Å². The first-order chi connectivity index (χ1) is 8.62. The molecule has 18 heavy (non-hydrogen) atoms. The molecule has 0 amide bonds. The number of aromatic amines is 1. The molecule has 0 bridgehead atoms. The summed E-state index contributed by atoms with van der Waals surface area (Å²) in [6, 6.07) is 8.80. The number of rotatable bonds is 5. The maximum atomic E-state index is 12.0. The molecule has 2 aromatic rings. The Morgan fingerprint density at radius 3 is 2.78 bits per heavy atom. The standard InChI is InChI=1S/C12H15N3O2S/c1-13-8-10-3-2-4-11(7-10)15-18(16,17)12-5-6-14-9-12/h2-7,9,13-15H,8H2,1H3. The van der Waals surface area contributed by atoms with Crippen LogP contribution in [0.3, 0.4) is 0 Å². The molecule has 2 rings (SSSR count). The number of benzene rings is 1. The molecule has 0 spiro atoms. The van der Waals surface area contributed by atoms with E-state index in [4.69, 9.17) is 0 Å². The molecular formula is C12H15N3O2S. The first kappa shape index (κ1) is 12.7. The lowest BCUT2D eigenvalue weighted by molar-refractivity contribution is 0.601. The SMILES string of the molecule is CNCc1cccc(NS(=O)(=O)c2cc[nH]c2)c1. The monoisotopic (exact) mass is 265 g/mol. The fourth-order valence-corrected chi connectivity index (χ4v) is 2.66. The van der Waals surface area contributed by atoms with E-state index in [1.54, 1.807) is 18.3 Å². The zero-order valence-electron chi connectivity index (χ0n) is 9.97. The van der Waals surface area contributed by atoms with Crippen LogP contribution in [0.2, 0.25) is 0 Å². The average Bonchev–Trinajstić information content (AvgIpc) is 2.83. The normalized spacial score (nSPS) is 11.4. The van der Waals surface area contributed by atoms with E-state index < -0.39 is 10.0 Å². The van der Waals surface area contributed by atoms with Crippen molar-refractivity contribution in [2.24, 2.45) is 0 Å². The van der Waals surface area contributed by atoms with Gasteiger partial charge in [-0.3, -0.25) is 4.72 Å². The quantitative estimate of drug-likeness (QED) is 0.767. The second-order valence-corrected chi connectivity index (χ2v) is 5.57. The number of anilines is 1. The van der Waals surface area contributed by atoms with E-state index in [9.17, 15) is 8.42 Å². The van der Waals surface area contributed by atoms with Gasteiger partial charge in [0.25, 0.3) is 10.0 Å². The molecule has 0 saturated heterocycles. The predicted molar refractivity (Wildman–Crippen MR) is 70.8 cm³/mol. The van der Waals surface area contributed by atoms with Crippen LogP contribution in [0.4, 0.5) is 5.69 Å². The van der Waals surface area contributed by atoms with Gasteiger partial charge in [0.05, 0.1) is 0 Å². The molecule has 0 radical (unpaired) electrons. The highest BCUT2D eigenvalue weighted by Crippen LogP contribution is 2.16. The van der Waals surface area contributed by atoms with Gasteiger partial charge in [0.1, 0.15) is 4.90 Å². The van der Waals surface area contributed by atoms with Gasteiger partial charge in [-0.2, -0.15) is 0 Å². The van der Waals surface area contributed by atoms with Crippen molar-refractivity contribution in [1.29, 1.82) is 0 Å². The second-order valence-electron chi connectivity index (χ2n) is 3.88. The van der Waals surface area contributed by atoms with E-state index in [0.717, 1.165) is 5.56 Å². The van der Waals surface area contributed by atoms with E-state index in [2.05, 4.69) is 15.0 Å². The maximum Gasteiger partial charge on any atom is 0.263 e. The molecule has 0 aliphatic heterocycles. The van der Waals surface area contributed by atoms with Crippen LogP contribution < -0.4 is 10.0 Å². The average molecular weight is 265 g/mol. The summed E-state index contributed by atoms with van der Waals surface area (Å²) in [4.78, 5) is 2.95. The highest BCUT2D eigenvalue weighted by atomic mass is 32.2. The van der Waals surface area contributed by atoms with Gasteiger partial charge >= 0.3 is 0 Å². The van der Waals surface area contributed by atoms with Crippen molar-refractivity contribution in [1.82, 2.24) is 10.3 Å². The van der Waals surface area contributed by atoms with Crippen LogP contribution in [-0.4, -0.2) is 20.4 Å². The van der Waals surface area contributed by atoms with Crippen LogP contribution in [0, 0.1) is 0 Å². The van der Waals surface area contributed by atoms with E-state index >= 15 is 0 Å². The van der Waals surface area contributed by atoms with Crippen LogP contribution in [-0.2, 0) is 16.6 Å². The van der Waals surface area contributed by atoms with Gasteiger partial charge in [0.2, 0.25) is 0 Å². The first-order valence-electron chi connectivity index (χ1n) is 5.51. The van der Waals surface area contributed by atoms with Crippen molar-refractivity contribution in [2.75, 3.05) is 11.8 Å². The van der Waals surface area contributed by atoms with Crippen LogP contribution >= 0.6 is 0 Å². The Bertz CT molecular complexity index is 606. The van der Waals surface area contributed by atoms with E-state index in [1.807, 2.05) is 19.2 Å². The molecule has 3 N–H and O–H groups in total. The van der Waals surface area contributed by atoms with Crippen molar-refractivity contribution < 1.29 is 8.42 Å². The van der Waals surface area contributed by atoms with Crippen LogP contribution in [0.1, 0.15) is 5.56 Å². The second kappa shape index (κ2) is 5.24. The molecule has 0 unspecified atom stereocenters. The Labute approximate surface area is 106 Å². The van der Waals surface area contributed by atoms with Gasteiger partial charge in [0, 0.05) is 24.6 Å². The minimum Gasteiger partial charge on any atom is -0.366 e. The smallest absolute Gasteiger partial charge is 0.263 e. The van der Waals surface area contributed by atoms with Gasteiger partial charge in [0.15, 0.2) is 0 Å². The summed E-state index contributed by atoms with van der Waals surface area (Å²) < 4.78 is 26.5. The largest absolute Gasteiger partial charge is 0.366 e. The van der Waals surface area contributed by atoms with Crippen molar-refractivity contribution in [3.8, 4) is 0 Å². The highest BCUT2D eigenvalue weighted by molar-refractivity contribution is 7.92. The molecule has 0 aliphatic rings. The van der Waals surface area contributed by atoms with Crippen molar-refractivity contribution >= 4 is 15.7 Å². The Morgan fingerprint density at radius 1 is 1.28 bits per heavy atom. The van der Waals surface area contributed by atoms with Gasteiger partial charge in [-0.05, 0) is 30.8 Å². The molecule has 1 aromatic heterocycles. The zero-order valence-corrected chi connectivity index (χ0v) is 10.8. The predicted octanol–water partition coefficient (Wildman–Crippen LogP) is 1.53. The fraction of sp³-hybridized carbons (Fsp3) is 0.167. The number of H-pyrrole nitrogens is 1. The minimum atomic E-state index is -3.50. The highest BCUT2D eigenvalue weighted by Gasteiger charge is 2.14. The Kier molecular flexibility index (Phi) is 3.69. The van der Waals surface area contributed by atoms with Gasteiger partial charge in [-0.25, -0.2) is 8.42 Å². The molecular weight excluding hydrogens is 250 g/mol. The summed E-state index contributed by atoms with van der Waals surface area (Å²) in [5, 5.41) is 3.02. The summed E-state index contributed by atoms with van der Waals surface area (Å²) in [6.07, 6.45) is 3.02. The summed E-state index contributed by atoms with van der Waals surface area (Å²) >= 11 is 0. The summed E-state index contributed by atoms with van der Waals surface area (Å²) in [6.45, 7) is 0.694. The minimum absolute atomic E-state index is 0.224. The number of hydrogen-bond donors (Lipinski definition) is 3. The maximum absolute atomic E-state index is 12.0. The Morgan fingerprint density at radius 2 is 2.11 bits per heavy atom. The van der Waals surface area contributed by atoms with Crippen LogP contribution in [0.25, 0.3) is 0 Å². The number of nitrogens with one attached hydrogen (secondary N) is 3. The third kappa shape index (κ3) is 2.91. The topological polar surface area (TPSA) is 74.0 Å². The molecule has 6 heteroatoms. The number of sulfonamides is 1. The molecule has 0 fully saturated rings.